The third kappa shape index (κ3) is 1.78. The number of hydrogen-bond donors (Lipinski definition) is 4. The summed E-state index contributed by atoms with van der Waals surface area (Å²) < 4.78 is 15.3. The molecule has 0 spiro atoms. The van der Waals surface area contributed by atoms with Gasteiger partial charge in [-0.25, -0.2) is 9.37 Å². The van der Waals surface area contributed by atoms with Gasteiger partial charge in [0.1, 0.15) is 12.3 Å². The number of aromatic amines is 1. The van der Waals surface area contributed by atoms with Gasteiger partial charge in [-0.1, -0.05) is 0 Å². The zero-order valence-corrected chi connectivity index (χ0v) is 10.4. The third-order valence-electron chi connectivity index (χ3n) is 3.76. The first-order valence-electron chi connectivity index (χ1n) is 6.18. The Morgan fingerprint density at radius 1 is 1.60 bits per heavy atom. The summed E-state index contributed by atoms with van der Waals surface area (Å²) in [6.45, 7) is -0.350. The van der Waals surface area contributed by atoms with E-state index in [0.29, 0.717) is 0 Å². The molecule has 0 aromatic carbocycles. The number of nitrogens with one attached hydrogen (secondary N) is 1. The van der Waals surface area contributed by atoms with Gasteiger partial charge in [0.2, 0.25) is 5.95 Å². The Bertz CT molecular complexity index is 699. The van der Waals surface area contributed by atoms with E-state index in [0.717, 1.165) is 0 Å². The first-order chi connectivity index (χ1) is 9.52. The molecule has 2 aromatic heterocycles. The van der Waals surface area contributed by atoms with Crippen molar-refractivity contribution in [3.8, 4) is 0 Å². The molecular formula is C11H14FN5O3. The van der Waals surface area contributed by atoms with Crippen LogP contribution in [0.2, 0.25) is 0 Å². The van der Waals surface area contributed by atoms with E-state index in [1.54, 1.807) is 0 Å². The van der Waals surface area contributed by atoms with Crippen LogP contribution in [0.1, 0.15) is 12.5 Å². The summed E-state index contributed by atoms with van der Waals surface area (Å²) in [5, 5.41) is 19.1. The summed E-state index contributed by atoms with van der Waals surface area (Å²) in [5.41, 5.74) is 5.26. The average Bonchev–Trinajstić information content (AvgIpc) is 2.93. The molecule has 20 heavy (non-hydrogen) atoms. The van der Waals surface area contributed by atoms with Crippen molar-refractivity contribution in [2.75, 3.05) is 12.3 Å². The number of aliphatic hydroxyl groups excluding tert-OH is 2. The maximum atomic E-state index is 13.8. The van der Waals surface area contributed by atoms with Gasteiger partial charge in [0.15, 0.2) is 11.2 Å². The number of rotatable bonds is 2. The number of nitrogens with two attached hydrogens (primary N) is 1. The van der Waals surface area contributed by atoms with Gasteiger partial charge >= 0.3 is 0 Å². The highest BCUT2D eigenvalue weighted by Crippen LogP contribution is 2.37. The number of nitrogen functional groups attached to an aromatic ring is 1. The largest absolute Gasteiger partial charge is 0.396 e. The summed E-state index contributed by atoms with van der Waals surface area (Å²) in [4.78, 5) is 21.9. The van der Waals surface area contributed by atoms with Crippen molar-refractivity contribution in [3.05, 3.63) is 16.7 Å². The molecule has 1 aliphatic rings. The van der Waals surface area contributed by atoms with E-state index in [1.165, 1.54) is 10.9 Å². The number of anilines is 1. The number of halogens is 1. The van der Waals surface area contributed by atoms with E-state index in [9.17, 15) is 14.3 Å². The lowest BCUT2D eigenvalue weighted by atomic mass is 10.1. The second-order valence-corrected chi connectivity index (χ2v) is 4.96. The number of fused-ring (bicyclic) bond motifs is 1. The van der Waals surface area contributed by atoms with Crippen LogP contribution in [-0.2, 0) is 0 Å². The minimum Gasteiger partial charge on any atom is -0.396 e. The Hall–Kier alpha value is -2.00. The molecule has 1 aliphatic carbocycles. The standard InChI is InChI=1S/C11H14FN5O3/c12-6-4(2-18)1-5(8(6)19)17-3-14-7-9(17)15-11(13)16-10(7)20/h3-6,8,18-19H,1-2H2,(H3,13,15,16,20). The van der Waals surface area contributed by atoms with E-state index in [2.05, 4.69) is 15.0 Å². The molecule has 0 bridgehead atoms. The number of hydrogen-bond acceptors (Lipinski definition) is 6. The van der Waals surface area contributed by atoms with Gasteiger partial charge in [-0.05, 0) is 6.42 Å². The van der Waals surface area contributed by atoms with Crippen LogP contribution >= 0.6 is 0 Å². The van der Waals surface area contributed by atoms with Crippen LogP contribution < -0.4 is 11.3 Å². The highest BCUT2D eigenvalue weighted by molar-refractivity contribution is 5.70. The predicted octanol–water partition coefficient (Wildman–Crippen LogP) is -1.05. The van der Waals surface area contributed by atoms with Crippen LogP contribution in [0.25, 0.3) is 11.2 Å². The lowest BCUT2D eigenvalue weighted by Gasteiger charge is -2.17. The second kappa shape index (κ2) is 4.53. The van der Waals surface area contributed by atoms with Gasteiger partial charge in [-0.2, -0.15) is 4.98 Å². The van der Waals surface area contributed by atoms with Gasteiger partial charge in [0, 0.05) is 12.5 Å². The molecule has 2 aromatic rings. The highest BCUT2D eigenvalue weighted by Gasteiger charge is 2.44. The molecule has 2 heterocycles. The maximum absolute atomic E-state index is 13.8. The number of aliphatic hydroxyl groups is 2. The fourth-order valence-electron chi connectivity index (χ4n) is 2.71. The molecule has 1 fully saturated rings. The summed E-state index contributed by atoms with van der Waals surface area (Å²) >= 11 is 0. The monoisotopic (exact) mass is 283 g/mol. The van der Waals surface area contributed by atoms with Crippen molar-refractivity contribution in [2.24, 2.45) is 5.92 Å². The zero-order valence-electron chi connectivity index (χ0n) is 10.4. The number of H-pyrrole nitrogens is 1. The normalized spacial score (nSPS) is 30.1. The van der Waals surface area contributed by atoms with Crippen molar-refractivity contribution in [1.29, 1.82) is 0 Å². The van der Waals surface area contributed by atoms with Gasteiger partial charge in [0.25, 0.3) is 5.56 Å². The van der Waals surface area contributed by atoms with Crippen molar-refractivity contribution in [1.82, 2.24) is 19.5 Å². The Kier molecular flexibility index (Phi) is 2.94. The topological polar surface area (TPSA) is 130 Å². The number of alkyl halides is 1. The SMILES string of the molecule is Nc1nc2c(ncn2C2CC(CO)C(F)C2O)c(=O)[nH]1. The minimum absolute atomic E-state index is 0.0766. The summed E-state index contributed by atoms with van der Waals surface area (Å²) in [7, 11) is 0. The van der Waals surface area contributed by atoms with Gasteiger partial charge in [0.05, 0.1) is 12.4 Å². The molecule has 108 valence electrons. The van der Waals surface area contributed by atoms with Crippen LogP contribution in [0.3, 0.4) is 0 Å². The molecule has 0 amide bonds. The summed E-state index contributed by atoms with van der Waals surface area (Å²) in [6.07, 6.45) is -1.25. The van der Waals surface area contributed by atoms with Gasteiger partial charge < -0.3 is 20.5 Å². The quantitative estimate of drug-likeness (QED) is 0.556. The first kappa shape index (κ1) is 13.0. The van der Waals surface area contributed by atoms with Crippen molar-refractivity contribution in [3.63, 3.8) is 0 Å². The van der Waals surface area contributed by atoms with Crippen LogP contribution in [0, 0.1) is 5.92 Å². The van der Waals surface area contributed by atoms with E-state index in [1.807, 2.05) is 0 Å². The zero-order chi connectivity index (χ0) is 14.4. The molecule has 3 rings (SSSR count). The molecule has 5 N–H and O–H groups in total. The number of aromatic nitrogens is 4. The van der Waals surface area contributed by atoms with Crippen LogP contribution in [0.15, 0.2) is 11.1 Å². The molecule has 1 saturated carbocycles. The van der Waals surface area contributed by atoms with E-state index >= 15 is 0 Å². The number of imidazole rings is 1. The van der Waals surface area contributed by atoms with Crippen LogP contribution in [-0.4, -0.2) is 48.6 Å². The fourth-order valence-corrected chi connectivity index (χ4v) is 2.71. The molecule has 0 aliphatic heterocycles. The Balaban J connectivity index is 2.09. The van der Waals surface area contributed by atoms with Crippen LogP contribution in [0.5, 0.6) is 0 Å². The molecular weight excluding hydrogens is 269 g/mol. The van der Waals surface area contributed by atoms with Gasteiger partial charge in [-0.15, -0.1) is 0 Å². The second-order valence-electron chi connectivity index (χ2n) is 4.96. The molecule has 8 nitrogen and oxygen atoms in total. The van der Waals surface area contributed by atoms with E-state index in [-0.39, 0.29) is 30.1 Å². The maximum Gasteiger partial charge on any atom is 0.280 e. The van der Waals surface area contributed by atoms with Crippen LogP contribution in [0.4, 0.5) is 10.3 Å². The third-order valence-corrected chi connectivity index (χ3v) is 3.76. The van der Waals surface area contributed by atoms with E-state index < -0.39 is 29.8 Å². The fraction of sp³-hybridized carbons (Fsp3) is 0.545. The summed E-state index contributed by atoms with van der Waals surface area (Å²) in [6, 6.07) is -0.638. The molecule has 0 radical (unpaired) electrons. The molecule has 4 atom stereocenters. The van der Waals surface area contributed by atoms with E-state index in [4.69, 9.17) is 10.8 Å². The van der Waals surface area contributed by atoms with Crippen molar-refractivity contribution >= 4 is 17.1 Å². The lowest BCUT2D eigenvalue weighted by Crippen LogP contribution is -2.27. The molecule has 9 heteroatoms. The lowest BCUT2D eigenvalue weighted by molar-refractivity contribution is 0.0509. The Labute approximate surface area is 112 Å². The average molecular weight is 283 g/mol. The smallest absolute Gasteiger partial charge is 0.280 e. The minimum atomic E-state index is -1.53. The highest BCUT2D eigenvalue weighted by atomic mass is 19.1. The summed E-state index contributed by atoms with van der Waals surface area (Å²) in [5.74, 6) is -0.723. The van der Waals surface area contributed by atoms with Crippen molar-refractivity contribution in [2.45, 2.75) is 24.7 Å². The Morgan fingerprint density at radius 3 is 3.00 bits per heavy atom. The molecule has 4 unspecified atom stereocenters. The molecule has 0 saturated heterocycles. The van der Waals surface area contributed by atoms with Crippen molar-refractivity contribution < 1.29 is 14.6 Å². The van der Waals surface area contributed by atoms with Gasteiger partial charge in [-0.3, -0.25) is 9.78 Å². The predicted molar refractivity (Wildman–Crippen MR) is 67.7 cm³/mol. The number of nitrogens with zero attached hydrogens (tertiary/aromatic N) is 3. The Morgan fingerprint density at radius 2 is 2.35 bits per heavy atom. The first-order valence-corrected chi connectivity index (χ1v) is 6.18.